The summed E-state index contributed by atoms with van der Waals surface area (Å²) in [4.78, 5) is 27.5. The molecule has 27 heavy (non-hydrogen) atoms. The van der Waals surface area contributed by atoms with Crippen LogP contribution in [0.4, 0.5) is 15.2 Å². The van der Waals surface area contributed by atoms with E-state index >= 15 is 0 Å². The molecule has 1 aromatic heterocycles. The van der Waals surface area contributed by atoms with E-state index in [1.165, 1.54) is 29.5 Å². The maximum Gasteiger partial charge on any atom is 0.270 e. The highest BCUT2D eigenvalue weighted by molar-refractivity contribution is 8.00. The number of nitrogens with zero attached hydrogens (tertiary/aromatic N) is 2. The predicted molar refractivity (Wildman–Crippen MR) is 105 cm³/mol. The zero-order valence-corrected chi connectivity index (χ0v) is 15.7. The van der Waals surface area contributed by atoms with Crippen molar-refractivity contribution in [1.29, 1.82) is 0 Å². The van der Waals surface area contributed by atoms with Gasteiger partial charge in [0.15, 0.2) is 5.13 Å². The Balaban J connectivity index is 1.68. The molecule has 1 atom stereocenters. The van der Waals surface area contributed by atoms with Crippen LogP contribution in [0.1, 0.15) is 6.92 Å². The molecule has 3 aromatic rings. The van der Waals surface area contributed by atoms with Crippen molar-refractivity contribution < 1.29 is 14.1 Å². The number of aromatic nitrogens is 1. The molecule has 0 aliphatic heterocycles. The third kappa shape index (κ3) is 4.69. The lowest BCUT2D eigenvalue weighted by Gasteiger charge is -2.10. The van der Waals surface area contributed by atoms with Crippen LogP contribution in [-0.4, -0.2) is 21.1 Å². The number of benzene rings is 2. The van der Waals surface area contributed by atoms with E-state index in [1.807, 2.05) is 0 Å². The Morgan fingerprint density at radius 2 is 2.07 bits per heavy atom. The summed E-state index contributed by atoms with van der Waals surface area (Å²) in [5, 5.41) is 15.2. The van der Waals surface area contributed by atoms with E-state index in [1.54, 1.807) is 42.6 Å². The van der Waals surface area contributed by atoms with Gasteiger partial charge >= 0.3 is 0 Å². The first-order valence-electron chi connectivity index (χ1n) is 7.86. The Bertz CT molecular complexity index is 993. The second-order valence-electron chi connectivity index (χ2n) is 5.53. The molecule has 138 valence electrons. The number of carbonyl (C=O) groups excluding carboxylic acids is 1. The molecule has 0 aliphatic rings. The maximum absolute atomic E-state index is 13.7. The lowest BCUT2D eigenvalue weighted by atomic mass is 10.1. The van der Waals surface area contributed by atoms with E-state index in [4.69, 9.17) is 0 Å². The van der Waals surface area contributed by atoms with Crippen LogP contribution in [-0.2, 0) is 4.79 Å². The lowest BCUT2D eigenvalue weighted by Crippen LogP contribution is -2.22. The molecular weight excluding hydrogens is 389 g/mol. The number of nitro groups is 1. The molecule has 0 spiro atoms. The van der Waals surface area contributed by atoms with Gasteiger partial charge in [0, 0.05) is 28.0 Å². The van der Waals surface area contributed by atoms with E-state index in [0.29, 0.717) is 21.3 Å². The number of nitro benzene ring substituents is 1. The first kappa shape index (κ1) is 19.0. The number of rotatable bonds is 6. The minimum atomic E-state index is -0.521. The number of hydrogen-bond donors (Lipinski definition) is 1. The van der Waals surface area contributed by atoms with E-state index < -0.39 is 10.2 Å². The number of hydrogen-bond acceptors (Lipinski definition) is 6. The molecule has 1 N–H and O–H groups in total. The lowest BCUT2D eigenvalue weighted by molar-refractivity contribution is -0.384. The van der Waals surface area contributed by atoms with Crippen LogP contribution in [0, 0.1) is 15.9 Å². The highest BCUT2D eigenvalue weighted by Gasteiger charge is 2.18. The summed E-state index contributed by atoms with van der Waals surface area (Å²) in [6.07, 6.45) is 0. The Morgan fingerprint density at radius 3 is 2.81 bits per heavy atom. The van der Waals surface area contributed by atoms with Crippen LogP contribution in [0.3, 0.4) is 0 Å². The molecule has 1 heterocycles. The predicted octanol–water partition coefficient (Wildman–Crippen LogP) is 4.98. The molecule has 1 amide bonds. The first-order valence-corrected chi connectivity index (χ1v) is 9.62. The number of carbonyl (C=O) groups is 1. The second-order valence-corrected chi connectivity index (χ2v) is 7.77. The molecule has 0 fully saturated rings. The largest absolute Gasteiger partial charge is 0.301 e. The van der Waals surface area contributed by atoms with Gasteiger partial charge in [0.05, 0.1) is 15.9 Å². The fourth-order valence-electron chi connectivity index (χ4n) is 2.23. The van der Waals surface area contributed by atoms with Crippen molar-refractivity contribution in [3.8, 4) is 11.3 Å². The van der Waals surface area contributed by atoms with Gasteiger partial charge in [-0.3, -0.25) is 14.9 Å². The van der Waals surface area contributed by atoms with E-state index in [0.717, 1.165) is 11.8 Å². The van der Waals surface area contributed by atoms with Gasteiger partial charge in [0.2, 0.25) is 5.91 Å². The van der Waals surface area contributed by atoms with Crippen molar-refractivity contribution in [3.05, 3.63) is 69.8 Å². The Kier molecular flexibility index (Phi) is 5.82. The average Bonchev–Trinajstić information content (AvgIpc) is 3.12. The monoisotopic (exact) mass is 403 g/mol. The number of halogens is 1. The fraction of sp³-hybridized carbons (Fsp3) is 0.111. The molecule has 0 saturated heterocycles. The maximum atomic E-state index is 13.7. The molecule has 3 rings (SSSR count). The van der Waals surface area contributed by atoms with Crippen LogP contribution in [0.25, 0.3) is 11.3 Å². The summed E-state index contributed by atoms with van der Waals surface area (Å²) < 4.78 is 13.7. The standard InChI is InChI=1S/C18H14FN3O3S2/c1-11(27-16-8-3-2-7-14(16)19)17(23)21-18-20-15(10-26-18)12-5-4-6-13(9-12)22(24)25/h2-11H,1H3,(H,20,21,23). The SMILES string of the molecule is CC(Sc1ccccc1F)C(=O)Nc1nc(-c2cccc([N+](=O)[O-])c2)cs1. The Hall–Kier alpha value is -2.78. The van der Waals surface area contributed by atoms with Gasteiger partial charge in [-0.1, -0.05) is 24.3 Å². The Morgan fingerprint density at radius 1 is 1.30 bits per heavy atom. The van der Waals surface area contributed by atoms with Gasteiger partial charge in [0.1, 0.15) is 5.82 Å². The topological polar surface area (TPSA) is 85.1 Å². The summed E-state index contributed by atoms with van der Waals surface area (Å²) in [7, 11) is 0. The van der Waals surface area contributed by atoms with Crippen molar-refractivity contribution in [1.82, 2.24) is 4.98 Å². The van der Waals surface area contributed by atoms with Crippen LogP contribution < -0.4 is 5.32 Å². The summed E-state index contributed by atoms with van der Waals surface area (Å²) in [5.41, 5.74) is 1.10. The molecule has 0 aliphatic carbocycles. The molecule has 2 aromatic carbocycles. The van der Waals surface area contributed by atoms with Crippen LogP contribution >= 0.6 is 23.1 Å². The smallest absolute Gasteiger partial charge is 0.270 e. The number of thioether (sulfide) groups is 1. The van der Waals surface area contributed by atoms with Crippen molar-refractivity contribution in [2.75, 3.05) is 5.32 Å². The third-order valence-corrected chi connectivity index (χ3v) is 5.51. The van der Waals surface area contributed by atoms with Gasteiger partial charge in [0.25, 0.3) is 5.69 Å². The molecule has 1 unspecified atom stereocenters. The zero-order chi connectivity index (χ0) is 19.4. The molecule has 0 bridgehead atoms. The summed E-state index contributed by atoms with van der Waals surface area (Å²) >= 11 is 2.34. The molecule has 9 heteroatoms. The highest BCUT2D eigenvalue weighted by atomic mass is 32.2. The minimum Gasteiger partial charge on any atom is -0.301 e. The fourth-order valence-corrected chi connectivity index (χ4v) is 3.84. The summed E-state index contributed by atoms with van der Waals surface area (Å²) in [5.74, 6) is -0.674. The van der Waals surface area contributed by atoms with Crippen molar-refractivity contribution in [3.63, 3.8) is 0 Å². The third-order valence-electron chi connectivity index (χ3n) is 3.60. The number of thiazole rings is 1. The number of nitrogens with one attached hydrogen (secondary N) is 1. The van der Waals surface area contributed by atoms with E-state index in [9.17, 15) is 19.3 Å². The van der Waals surface area contributed by atoms with Crippen LogP contribution in [0.2, 0.25) is 0 Å². The van der Waals surface area contributed by atoms with Crippen molar-refractivity contribution >= 4 is 39.8 Å². The second kappa shape index (κ2) is 8.28. The molecular formula is C18H14FN3O3S2. The average molecular weight is 403 g/mol. The van der Waals surface area contributed by atoms with E-state index in [-0.39, 0.29) is 17.4 Å². The van der Waals surface area contributed by atoms with Crippen LogP contribution in [0.15, 0.2) is 58.8 Å². The summed E-state index contributed by atoms with van der Waals surface area (Å²) in [6, 6.07) is 12.4. The molecule has 0 saturated carbocycles. The van der Waals surface area contributed by atoms with Gasteiger partial charge in [-0.25, -0.2) is 9.37 Å². The zero-order valence-electron chi connectivity index (χ0n) is 14.1. The van der Waals surface area contributed by atoms with Crippen LogP contribution in [0.5, 0.6) is 0 Å². The van der Waals surface area contributed by atoms with Gasteiger partial charge in [-0.15, -0.1) is 23.1 Å². The van der Waals surface area contributed by atoms with Crippen molar-refractivity contribution in [2.45, 2.75) is 17.1 Å². The first-order chi connectivity index (χ1) is 12.9. The number of anilines is 1. The number of amides is 1. The van der Waals surface area contributed by atoms with Gasteiger partial charge < -0.3 is 5.32 Å². The van der Waals surface area contributed by atoms with E-state index in [2.05, 4.69) is 10.3 Å². The highest BCUT2D eigenvalue weighted by Crippen LogP contribution is 2.29. The Labute approximate surface area is 162 Å². The normalized spacial score (nSPS) is 11.8. The summed E-state index contributed by atoms with van der Waals surface area (Å²) in [6.45, 7) is 1.68. The van der Waals surface area contributed by atoms with Gasteiger partial charge in [-0.2, -0.15) is 0 Å². The quantitative estimate of drug-likeness (QED) is 0.357. The molecule has 6 nitrogen and oxygen atoms in total. The van der Waals surface area contributed by atoms with Gasteiger partial charge in [-0.05, 0) is 19.1 Å². The minimum absolute atomic E-state index is 0.0269. The molecule has 0 radical (unpaired) electrons. The van der Waals surface area contributed by atoms with Crippen molar-refractivity contribution in [2.24, 2.45) is 0 Å². The number of non-ortho nitro benzene ring substituents is 1.